The monoisotopic (exact) mass is 281 g/mol. The summed E-state index contributed by atoms with van der Waals surface area (Å²) in [5, 5.41) is 0. The predicted molar refractivity (Wildman–Crippen MR) is 76.8 cm³/mol. The second-order valence-electron chi connectivity index (χ2n) is 4.26. The zero-order chi connectivity index (χ0) is 13.1. The number of hydrazine groups is 1. The molecule has 0 fully saturated rings. The van der Waals surface area contributed by atoms with Crippen molar-refractivity contribution in [2.75, 3.05) is 0 Å². The van der Waals surface area contributed by atoms with Crippen LogP contribution in [0.3, 0.4) is 0 Å². The van der Waals surface area contributed by atoms with Crippen molar-refractivity contribution in [2.24, 2.45) is 5.84 Å². The first-order valence-corrected chi connectivity index (χ1v) is 6.94. The van der Waals surface area contributed by atoms with Crippen molar-refractivity contribution in [1.29, 1.82) is 0 Å². The highest BCUT2D eigenvalue weighted by atomic mass is 35.5. The Bertz CT molecular complexity index is 539. The maximum Gasteiger partial charge on any atom is 0.0931 e. The summed E-state index contributed by atoms with van der Waals surface area (Å²) < 4.78 is 0.805. The minimum atomic E-state index is 0.0628. The van der Waals surface area contributed by atoms with Gasteiger partial charge in [0.25, 0.3) is 0 Å². The van der Waals surface area contributed by atoms with Crippen LogP contribution < -0.4 is 11.3 Å². The molecule has 2 heterocycles. The van der Waals surface area contributed by atoms with Gasteiger partial charge in [-0.1, -0.05) is 17.7 Å². The molecule has 0 aliphatic carbocycles. The molecule has 18 heavy (non-hydrogen) atoms. The zero-order valence-corrected chi connectivity index (χ0v) is 12.0. The van der Waals surface area contributed by atoms with Crippen molar-refractivity contribution in [3.63, 3.8) is 0 Å². The molecule has 0 aliphatic heterocycles. The van der Waals surface area contributed by atoms with Crippen LogP contribution >= 0.6 is 22.9 Å². The van der Waals surface area contributed by atoms with Crippen molar-refractivity contribution in [3.8, 4) is 0 Å². The molecular formula is C13H16ClN3S. The maximum atomic E-state index is 5.94. The predicted octanol–water partition coefficient (Wildman–Crippen LogP) is 3.16. The van der Waals surface area contributed by atoms with Crippen LogP contribution in [0.4, 0.5) is 0 Å². The lowest BCUT2D eigenvalue weighted by Gasteiger charge is -2.17. The largest absolute Gasteiger partial charge is 0.271 e. The normalized spacial score (nSPS) is 12.7. The van der Waals surface area contributed by atoms with E-state index in [0.717, 1.165) is 27.7 Å². The number of nitrogens with zero attached hydrogens (tertiary/aromatic N) is 1. The van der Waals surface area contributed by atoms with Gasteiger partial charge in [0.05, 0.1) is 10.4 Å². The number of thiophene rings is 1. The summed E-state index contributed by atoms with van der Waals surface area (Å²) in [4.78, 5) is 5.68. The Labute approximate surface area is 116 Å². The molecule has 2 aromatic heterocycles. The molecular weight excluding hydrogens is 266 g/mol. The average molecular weight is 282 g/mol. The van der Waals surface area contributed by atoms with Crippen LogP contribution in [0.2, 0.25) is 4.34 Å². The van der Waals surface area contributed by atoms with Crippen molar-refractivity contribution >= 4 is 22.9 Å². The number of pyridine rings is 1. The van der Waals surface area contributed by atoms with Crippen LogP contribution in [0, 0.1) is 13.8 Å². The van der Waals surface area contributed by atoms with E-state index in [1.54, 1.807) is 11.3 Å². The smallest absolute Gasteiger partial charge is 0.0931 e. The summed E-state index contributed by atoms with van der Waals surface area (Å²) in [6.45, 7) is 3.99. The third-order valence-corrected chi connectivity index (χ3v) is 4.13. The lowest BCUT2D eigenvalue weighted by atomic mass is 10.0. The van der Waals surface area contributed by atoms with E-state index in [-0.39, 0.29) is 6.04 Å². The Hall–Kier alpha value is -0.940. The molecule has 0 radical (unpaired) electrons. The number of hydrogen-bond donors (Lipinski definition) is 2. The average Bonchev–Trinajstić information content (AvgIpc) is 2.72. The molecule has 2 rings (SSSR count). The van der Waals surface area contributed by atoms with Crippen LogP contribution in [0.1, 0.15) is 27.9 Å². The van der Waals surface area contributed by atoms with Crippen molar-refractivity contribution < 1.29 is 0 Å². The molecule has 3 N–H and O–H groups in total. The van der Waals surface area contributed by atoms with Gasteiger partial charge in [0.2, 0.25) is 0 Å². The first kappa shape index (κ1) is 13.5. The summed E-state index contributed by atoms with van der Waals surface area (Å²) in [6, 6.07) is 8.10. The molecule has 0 aliphatic rings. The van der Waals surface area contributed by atoms with Gasteiger partial charge in [-0.25, -0.2) is 0 Å². The molecule has 96 valence electrons. The quantitative estimate of drug-likeness (QED) is 0.669. The first-order chi connectivity index (χ1) is 8.60. The number of halogens is 1. The third kappa shape index (κ3) is 3.09. The number of nitrogens with two attached hydrogens (primary N) is 1. The van der Waals surface area contributed by atoms with Crippen LogP contribution in [-0.2, 0) is 6.42 Å². The number of hydrogen-bond acceptors (Lipinski definition) is 4. The molecule has 0 bridgehead atoms. The molecule has 0 spiro atoms. The van der Waals surface area contributed by atoms with Gasteiger partial charge in [-0.2, -0.15) is 0 Å². The standard InChI is InChI=1S/C13H16ClN3S/c1-8-3-5-11(9(2)16-8)12(17-15)7-10-4-6-13(14)18-10/h3-6,12,17H,7,15H2,1-2H3. The van der Waals surface area contributed by atoms with Gasteiger partial charge < -0.3 is 0 Å². The van der Waals surface area contributed by atoms with Gasteiger partial charge >= 0.3 is 0 Å². The number of nitrogens with one attached hydrogen (secondary N) is 1. The van der Waals surface area contributed by atoms with E-state index >= 15 is 0 Å². The molecule has 5 heteroatoms. The fourth-order valence-electron chi connectivity index (χ4n) is 1.99. The Morgan fingerprint density at radius 3 is 2.67 bits per heavy atom. The van der Waals surface area contributed by atoms with Crippen LogP contribution in [-0.4, -0.2) is 4.98 Å². The highest BCUT2D eigenvalue weighted by molar-refractivity contribution is 7.16. The van der Waals surface area contributed by atoms with E-state index in [2.05, 4.69) is 16.5 Å². The summed E-state index contributed by atoms with van der Waals surface area (Å²) in [7, 11) is 0. The van der Waals surface area contributed by atoms with E-state index in [9.17, 15) is 0 Å². The van der Waals surface area contributed by atoms with Gasteiger partial charge in [0.15, 0.2) is 0 Å². The van der Waals surface area contributed by atoms with Crippen molar-refractivity contribution in [3.05, 3.63) is 50.4 Å². The number of rotatable bonds is 4. The highest BCUT2D eigenvalue weighted by Crippen LogP contribution is 2.27. The number of aryl methyl sites for hydroxylation is 2. The second kappa shape index (κ2) is 5.80. The van der Waals surface area contributed by atoms with Crippen molar-refractivity contribution in [1.82, 2.24) is 10.4 Å². The SMILES string of the molecule is Cc1ccc(C(Cc2ccc(Cl)s2)NN)c(C)n1. The number of aromatic nitrogens is 1. The summed E-state index contributed by atoms with van der Waals surface area (Å²) >= 11 is 7.52. The van der Waals surface area contributed by atoms with Gasteiger partial charge in [0, 0.05) is 22.7 Å². The van der Waals surface area contributed by atoms with Gasteiger partial charge in [0.1, 0.15) is 0 Å². The highest BCUT2D eigenvalue weighted by Gasteiger charge is 2.14. The van der Waals surface area contributed by atoms with Crippen LogP contribution in [0.5, 0.6) is 0 Å². The van der Waals surface area contributed by atoms with E-state index in [1.165, 1.54) is 4.88 Å². The van der Waals surface area contributed by atoms with Gasteiger partial charge in [-0.05, 0) is 37.6 Å². The fourth-order valence-corrected chi connectivity index (χ4v) is 3.12. The van der Waals surface area contributed by atoms with Crippen LogP contribution in [0.25, 0.3) is 0 Å². The molecule has 0 saturated carbocycles. The first-order valence-electron chi connectivity index (χ1n) is 5.74. The molecule has 2 aromatic rings. The maximum absolute atomic E-state index is 5.94. The Morgan fingerprint density at radius 2 is 2.11 bits per heavy atom. The zero-order valence-electron chi connectivity index (χ0n) is 10.4. The molecule has 0 saturated heterocycles. The fraction of sp³-hybridized carbons (Fsp3) is 0.308. The Morgan fingerprint density at radius 1 is 1.33 bits per heavy atom. The molecule has 0 amide bonds. The third-order valence-electron chi connectivity index (χ3n) is 2.88. The van der Waals surface area contributed by atoms with E-state index in [1.807, 2.05) is 32.0 Å². The van der Waals surface area contributed by atoms with Gasteiger partial charge in [-0.15, -0.1) is 11.3 Å². The van der Waals surface area contributed by atoms with E-state index in [4.69, 9.17) is 17.4 Å². The summed E-state index contributed by atoms with van der Waals surface area (Å²) in [5.41, 5.74) is 6.03. The van der Waals surface area contributed by atoms with Crippen LogP contribution in [0.15, 0.2) is 24.3 Å². The summed E-state index contributed by atoms with van der Waals surface area (Å²) in [6.07, 6.45) is 0.819. The Kier molecular flexibility index (Phi) is 4.35. The minimum absolute atomic E-state index is 0.0628. The van der Waals surface area contributed by atoms with E-state index in [0.29, 0.717) is 0 Å². The molecule has 1 atom stereocenters. The molecule has 3 nitrogen and oxygen atoms in total. The lowest BCUT2D eigenvalue weighted by molar-refractivity contribution is 0.550. The minimum Gasteiger partial charge on any atom is -0.271 e. The van der Waals surface area contributed by atoms with E-state index < -0.39 is 0 Å². The topological polar surface area (TPSA) is 50.9 Å². The second-order valence-corrected chi connectivity index (χ2v) is 6.06. The summed E-state index contributed by atoms with van der Waals surface area (Å²) in [5.74, 6) is 5.66. The Balaban J connectivity index is 2.22. The lowest BCUT2D eigenvalue weighted by Crippen LogP contribution is -2.30. The van der Waals surface area contributed by atoms with Crippen molar-refractivity contribution in [2.45, 2.75) is 26.3 Å². The van der Waals surface area contributed by atoms with Gasteiger partial charge in [-0.3, -0.25) is 16.3 Å². The molecule has 1 unspecified atom stereocenters. The molecule has 0 aromatic carbocycles.